The van der Waals surface area contributed by atoms with Crippen LogP contribution in [-0.4, -0.2) is 22.3 Å². The van der Waals surface area contributed by atoms with Crippen molar-refractivity contribution in [2.24, 2.45) is 52.9 Å². The van der Waals surface area contributed by atoms with E-state index in [0.717, 1.165) is 42.9 Å². The molecular weight excluding hydrogens is 464 g/mol. The van der Waals surface area contributed by atoms with Gasteiger partial charge in [-0.15, -0.1) is 0 Å². The van der Waals surface area contributed by atoms with Crippen molar-refractivity contribution in [3.8, 4) is 0 Å². The minimum absolute atomic E-state index is 0.0173. The van der Waals surface area contributed by atoms with E-state index in [2.05, 4.69) is 48.5 Å². The third-order valence-electron chi connectivity index (χ3n) is 10.7. The van der Waals surface area contributed by atoms with Crippen molar-refractivity contribution < 1.29 is 5.11 Å². The number of unbranched alkanes of at least 4 members (excludes halogenated alkanes) is 1. The van der Waals surface area contributed by atoms with E-state index in [0.29, 0.717) is 17.8 Å². The van der Waals surface area contributed by atoms with Gasteiger partial charge in [0.2, 0.25) is 0 Å². The zero-order valence-electron chi connectivity index (χ0n) is 27.5. The largest absolute Gasteiger partial charge is 0.393 e. The van der Waals surface area contributed by atoms with Crippen LogP contribution in [-0.2, 0) is 0 Å². The number of hydrogen-bond acceptors (Lipinski definition) is 3. The molecule has 9 unspecified atom stereocenters. The van der Waals surface area contributed by atoms with E-state index in [-0.39, 0.29) is 17.2 Å². The van der Waals surface area contributed by atoms with Gasteiger partial charge < -0.3 is 16.6 Å². The minimum atomic E-state index is -0.110. The molecule has 0 radical (unpaired) electrons. The van der Waals surface area contributed by atoms with Crippen LogP contribution < -0.4 is 11.5 Å². The van der Waals surface area contributed by atoms with Gasteiger partial charge in [0, 0.05) is 11.1 Å². The molecule has 3 nitrogen and oxygen atoms in total. The molecule has 0 saturated heterocycles. The predicted molar refractivity (Wildman–Crippen MR) is 169 cm³/mol. The van der Waals surface area contributed by atoms with Crippen LogP contribution in [0.3, 0.4) is 0 Å². The molecule has 0 aromatic heterocycles. The fourth-order valence-corrected chi connectivity index (χ4v) is 8.32. The maximum atomic E-state index is 10.1. The molecule has 5 aliphatic rings. The lowest BCUT2D eigenvalue weighted by Gasteiger charge is -2.60. The summed E-state index contributed by atoms with van der Waals surface area (Å²) >= 11 is 0. The maximum absolute atomic E-state index is 10.1. The van der Waals surface area contributed by atoms with Gasteiger partial charge in [-0.05, 0) is 99.2 Å². The Morgan fingerprint density at radius 2 is 1.26 bits per heavy atom. The second kappa shape index (κ2) is 17.6. The summed E-state index contributed by atoms with van der Waals surface area (Å²) in [7, 11) is 0. The van der Waals surface area contributed by atoms with Crippen LogP contribution >= 0.6 is 0 Å². The topological polar surface area (TPSA) is 72.3 Å². The second-order valence-corrected chi connectivity index (χ2v) is 13.7. The molecular formula is C35H72N2O. The van der Waals surface area contributed by atoms with Crippen LogP contribution in [0.4, 0.5) is 0 Å². The molecule has 0 aromatic rings. The third kappa shape index (κ3) is 9.20. The van der Waals surface area contributed by atoms with Crippen LogP contribution in [0.25, 0.3) is 0 Å². The molecule has 5 N–H and O–H groups in total. The Balaban J connectivity index is 0.000000464. The molecule has 228 valence electrons. The van der Waals surface area contributed by atoms with Crippen molar-refractivity contribution in [3.63, 3.8) is 0 Å². The van der Waals surface area contributed by atoms with Crippen molar-refractivity contribution in [3.05, 3.63) is 0 Å². The fourth-order valence-electron chi connectivity index (χ4n) is 8.32. The minimum Gasteiger partial charge on any atom is -0.393 e. The van der Waals surface area contributed by atoms with Gasteiger partial charge in [0.15, 0.2) is 0 Å². The molecule has 3 heteroatoms. The molecule has 0 bridgehead atoms. The molecule has 0 amide bonds. The number of aliphatic hydroxyl groups is 1. The first-order valence-corrected chi connectivity index (χ1v) is 17.4. The van der Waals surface area contributed by atoms with Crippen LogP contribution in [0, 0.1) is 41.4 Å². The number of hydrogen-bond donors (Lipinski definition) is 3. The molecule has 5 rings (SSSR count). The Hall–Kier alpha value is -0.120. The average Bonchev–Trinajstić information content (AvgIpc) is 3.61. The molecule has 38 heavy (non-hydrogen) atoms. The highest BCUT2D eigenvalue weighted by molar-refractivity contribution is 5.16. The smallest absolute Gasteiger partial charge is 0.0544 e. The summed E-state index contributed by atoms with van der Waals surface area (Å²) in [6, 6.07) is 0. The Morgan fingerprint density at radius 3 is 1.76 bits per heavy atom. The molecule has 9 atom stereocenters. The lowest BCUT2D eigenvalue weighted by atomic mass is 9.48. The van der Waals surface area contributed by atoms with Crippen LogP contribution in [0.5, 0.6) is 0 Å². The van der Waals surface area contributed by atoms with E-state index in [1.807, 2.05) is 13.8 Å². The highest BCUT2D eigenvalue weighted by Crippen LogP contribution is 2.61. The van der Waals surface area contributed by atoms with Crippen molar-refractivity contribution in [1.82, 2.24) is 0 Å². The number of aliphatic hydroxyl groups excluding tert-OH is 1. The quantitative estimate of drug-likeness (QED) is 0.335. The maximum Gasteiger partial charge on any atom is 0.0544 e. The summed E-state index contributed by atoms with van der Waals surface area (Å²) < 4.78 is 0. The lowest BCUT2D eigenvalue weighted by molar-refractivity contribution is -0.0754. The van der Waals surface area contributed by atoms with Crippen molar-refractivity contribution in [1.29, 1.82) is 0 Å². The number of fused-ring (bicyclic) bond motifs is 5. The van der Waals surface area contributed by atoms with Crippen LogP contribution in [0.15, 0.2) is 0 Å². The SMILES string of the molecule is CC.CC1CC1.CCC.CCCC.CCCC(C)C1CCC2C3CCC4CC(O)CCC4(N)C3CCC12N. The summed E-state index contributed by atoms with van der Waals surface area (Å²) in [6.07, 6.45) is 19.8. The van der Waals surface area contributed by atoms with Gasteiger partial charge in [0.1, 0.15) is 0 Å². The highest BCUT2D eigenvalue weighted by Gasteiger charge is 2.61. The van der Waals surface area contributed by atoms with Gasteiger partial charge in [-0.2, -0.15) is 0 Å². The van der Waals surface area contributed by atoms with Gasteiger partial charge in [0.05, 0.1) is 6.10 Å². The predicted octanol–water partition coefficient (Wildman–Crippen LogP) is 9.49. The van der Waals surface area contributed by atoms with E-state index < -0.39 is 0 Å². The van der Waals surface area contributed by atoms with Gasteiger partial charge in [-0.1, -0.05) is 107 Å². The zero-order chi connectivity index (χ0) is 28.9. The summed E-state index contributed by atoms with van der Waals surface area (Å²) in [5.74, 6) is 5.21. The Bertz CT molecular complexity index is 605. The Labute approximate surface area is 240 Å². The van der Waals surface area contributed by atoms with E-state index in [1.54, 1.807) is 0 Å². The van der Waals surface area contributed by atoms with Gasteiger partial charge in [-0.3, -0.25) is 0 Å². The molecule has 5 fully saturated rings. The molecule has 0 aliphatic heterocycles. The highest BCUT2D eigenvalue weighted by atomic mass is 16.3. The number of rotatable bonds is 4. The standard InChI is InChI=1S/C22H40N2O.C4H8.C4H10.C3H8.C2H6/c1-3-4-14(2)18-7-8-19-17-6-5-15-13-16(25)9-11-21(15,23)20(17)10-12-22(18,19)24;1-4-2-3-4;1-3-4-2;1-3-2;1-2/h14-20,25H,3-13,23-24H2,1-2H3;4H,2-3H2,1H3;3-4H2,1-2H3;3H2,1-2H3;1-2H3. The first-order chi connectivity index (χ1) is 18.1. The van der Waals surface area contributed by atoms with Gasteiger partial charge in [-0.25, -0.2) is 0 Å². The van der Waals surface area contributed by atoms with Crippen LogP contribution in [0.2, 0.25) is 0 Å². The first-order valence-electron chi connectivity index (χ1n) is 17.4. The van der Waals surface area contributed by atoms with E-state index in [1.165, 1.54) is 83.5 Å². The molecule has 0 aromatic carbocycles. The van der Waals surface area contributed by atoms with Crippen LogP contribution in [0.1, 0.15) is 165 Å². The third-order valence-corrected chi connectivity index (χ3v) is 10.7. The van der Waals surface area contributed by atoms with Crippen molar-refractivity contribution in [2.45, 2.75) is 182 Å². The Morgan fingerprint density at radius 1 is 0.737 bits per heavy atom. The summed E-state index contributed by atoms with van der Waals surface area (Å²) in [5, 5.41) is 10.1. The van der Waals surface area contributed by atoms with Gasteiger partial charge in [0.25, 0.3) is 0 Å². The Kier molecular flexibility index (Phi) is 16.7. The summed E-state index contributed by atoms with van der Waals surface area (Å²) in [5.41, 5.74) is 14.4. The molecule has 5 aliphatic carbocycles. The van der Waals surface area contributed by atoms with E-state index in [4.69, 9.17) is 11.5 Å². The van der Waals surface area contributed by atoms with Crippen molar-refractivity contribution >= 4 is 0 Å². The summed E-state index contributed by atoms with van der Waals surface area (Å²) in [6.45, 7) is 19.6. The summed E-state index contributed by atoms with van der Waals surface area (Å²) in [4.78, 5) is 0. The average molecular weight is 537 g/mol. The molecule has 5 saturated carbocycles. The van der Waals surface area contributed by atoms with E-state index >= 15 is 0 Å². The van der Waals surface area contributed by atoms with E-state index in [9.17, 15) is 5.11 Å². The zero-order valence-corrected chi connectivity index (χ0v) is 27.5. The second-order valence-electron chi connectivity index (χ2n) is 13.7. The lowest BCUT2D eigenvalue weighted by Crippen LogP contribution is -2.67. The fraction of sp³-hybridized carbons (Fsp3) is 1.00. The molecule has 0 heterocycles. The number of nitrogens with two attached hydrogens (primary N) is 2. The normalized spacial score (nSPS) is 39.5. The van der Waals surface area contributed by atoms with Gasteiger partial charge >= 0.3 is 0 Å². The monoisotopic (exact) mass is 537 g/mol. The first kappa shape index (κ1) is 35.9. The molecule has 0 spiro atoms. The van der Waals surface area contributed by atoms with Crippen molar-refractivity contribution in [2.75, 3.05) is 0 Å².